The van der Waals surface area contributed by atoms with Gasteiger partial charge in [0.2, 0.25) is 0 Å². The maximum atomic E-state index is 12.1. The lowest BCUT2D eigenvalue weighted by atomic mass is 9.85. The molecule has 0 saturated heterocycles. The molecule has 0 spiro atoms. The van der Waals surface area contributed by atoms with Crippen molar-refractivity contribution in [3.05, 3.63) is 143 Å². The maximum absolute atomic E-state index is 12.1. The Balaban J connectivity index is 1.97. The first-order chi connectivity index (χ1) is 15.3. The van der Waals surface area contributed by atoms with Crippen LogP contribution in [0.1, 0.15) is 39.5 Å². The Labute approximate surface area is 183 Å². The van der Waals surface area contributed by atoms with Crippen LogP contribution in [0.25, 0.3) is 11.1 Å². The minimum Gasteiger partial charge on any atom is -0.462 e. The number of esters is 1. The normalized spacial score (nSPS) is 10.4. The summed E-state index contributed by atoms with van der Waals surface area (Å²) in [5, 5.41) is 0. The van der Waals surface area contributed by atoms with Gasteiger partial charge in [-0.15, -0.1) is 0 Å². The molecule has 0 saturated carbocycles. The van der Waals surface area contributed by atoms with Crippen LogP contribution in [0.5, 0.6) is 0 Å². The second-order valence-corrected chi connectivity index (χ2v) is 7.15. The first kappa shape index (κ1) is 20.4. The van der Waals surface area contributed by atoms with Gasteiger partial charge >= 0.3 is 5.97 Å². The summed E-state index contributed by atoms with van der Waals surface area (Å²) in [5.74, 6) is -0.300. The van der Waals surface area contributed by atoms with Gasteiger partial charge in [-0.05, 0) is 52.5 Å². The SMILES string of the molecule is CCOC(=O)c1ccc(C(=C(c2ccccc2)c2ccccc2)c2ccccc2)cc1. The molecule has 0 radical (unpaired) electrons. The zero-order valence-corrected chi connectivity index (χ0v) is 17.5. The smallest absolute Gasteiger partial charge is 0.338 e. The van der Waals surface area contributed by atoms with E-state index in [1.54, 1.807) is 0 Å². The van der Waals surface area contributed by atoms with Crippen LogP contribution >= 0.6 is 0 Å². The van der Waals surface area contributed by atoms with Gasteiger partial charge in [-0.25, -0.2) is 4.79 Å². The van der Waals surface area contributed by atoms with E-state index in [1.165, 1.54) is 0 Å². The molecule has 0 atom stereocenters. The highest BCUT2D eigenvalue weighted by molar-refractivity contribution is 6.04. The van der Waals surface area contributed by atoms with E-state index in [2.05, 4.69) is 72.8 Å². The average Bonchev–Trinajstić information content (AvgIpc) is 2.84. The van der Waals surface area contributed by atoms with Crippen molar-refractivity contribution >= 4 is 17.1 Å². The first-order valence-electron chi connectivity index (χ1n) is 10.5. The lowest BCUT2D eigenvalue weighted by molar-refractivity contribution is 0.0526. The van der Waals surface area contributed by atoms with Gasteiger partial charge in [0.15, 0.2) is 0 Å². The van der Waals surface area contributed by atoms with Gasteiger partial charge in [0, 0.05) is 0 Å². The highest BCUT2D eigenvalue weighted by Gasteiger charge is 2.16. The summed E-state index contributed by atoms with van der Waals surface area (Å²) in [5.41, 5.74) is 7.27. The number of benzene rings is 4. The third-order valence-electron chi connectivity index (χ3n) is 5.12. The predicted molar refractivity (Wildman–Crippen MR) is 127 cm³/mol. The Morgan fingerprint density at radius 1 is 0.516 bits per heavy atom. The Kier molecular flexibility index (Phi) is 6.39. The standard InChI is InChI=1S/C29H24O2/c1-2-31-29(30)26-20-18-25(19-21-26)28(24-16-10-5-11-17-24)27(22-12-6-3-7-13-22)23-14-8-4-9-15-23/h3-21H,2H2,1H3. The highest BCUT2D eigenvalue weighted by Crippen LogP contribution is 2.36. The van der Waals surface area contributed by atoms with Gasteiger partial charge in [-0.1, -0.05) is 103 Å². The lowest BCUT2D eigenvalue weighted by Gasteiger charge is -2.18. The quantitative estimate of drug-likeness (QED) is 0.259. The Bertz CT molecular complexity index is 1120. The lowest BCUT2D eigenvalue weighted by Crippen LogP contribution is -2.04. The summed E-state index contributed by atoms with van der Waals surface area (Å²) in [6.45, 7) is 2.18. The van der Waals surface area contributed by atoms with Gasteiger partial charge in [-0.3, -0.25) is 0 Å². The number of hydrogen-bond acceptors (Lipinski definition) is 2. The highest BCUT2D eigenvalue weighted by atomic mass is 16.5. The molecule has 0 aliphatic heterocycles. The van der Waals surface area contributed by atoms with E-state index in [-0.39, 0.29) is 5.97 Å². The van der Waals surface area contributed by atoms with Crippen LogP contribution in [-0.4, -0.2) is 12.6 Å². The molecule has 0 amide bonds. The predicted octanol–water partition coefficient (Wildman–Crippen LogP) is 6.87. The Hall–Kier alpha value is -3.91. The molecule has 31 heavy (non-hydrogen) atoms. The first-order valence-corrected chi connectivity index (χ1v) is 10.5. The van der Waals surface area contributed by atoms with E-state index in [0.717, 1.165) is 33.4 Å². The van der Waals surface area contributed by atoms with Crippen LogP contribution in [0.2, 0.25) is 0 Å². The van der Waals surface area contributed by atoms with Crippen molar-refractivity contribution in [2.45, 2.75) is 6.92 Å². The molecular weight excluding hydrogens is 380 g/mol. The molecular formula is C29H24O2. The summed E-state index contributed by atoms with van der Waals surface area (Å²) >= 11 is 0. The molecule has 0 fully saturated rings. The molecule has 2 heteroatoms. The van der Waals surface area contributed by atoms with Crippen LogP contribution in [0, 0.1) is 0 Å². The third kappa shape index (κ3) is 4.65. The van der Waals surface area contributed by atoms with Crippen LogP contribution in [0.15, 0.2) is 115 Å². The zero-order valence-electron chi connectivity index (χ0n) is 17.5. The molecule has 0 aromatic heterocycles. The van der Waals surface area contributed by atoms with E-state index >= 15 is 0 Å². The molecule has 0 N–H and O–H groups in total. The number of carbonyl (C=O) groups excluding carboxylic acids is 1. The summed E-state index contributed by atoms with van der Waals surface area (Å²) in [6, 6.07) is 38.9. The Morgan fingerprint density at radius 3 is 1.19 bits per heavy atom. The van der Waals surface area contributed by atoms with Gasteiger partial charge in [0.25, 0.3) is 0 Å². The van der Waals surface area contributed by atoms with Crippen molar-refractivity contribution in [2.75, 3.05) is 6.61 Å². The number of ether oxygens (including phenoxy) is 1. The molecule has 0 unspecified atom stereocenters. The molecule has 0 heterocycles. The fraction of sp³-hybridized carbons (Fsp3) is 0.0690. The van der Waals surface area contributed by atoms with Crippen molar-refractivity contribution in [1.29, 1.82) is 0 Å². The summed E-state index contributed by atoms with van der Waals surface area (Å²) in [6.07, 6.45) is 0. The van der Waals surface area contributed by atoms with E-state index in [0.29, 0.717) is 12.2 Å². The van der Waals surface area contributed by atoms with Crippen molar-refractivity contribution in [2.24, 2.45) is 0 Å². The van der Waals surface area contributed by atoms with E-state index in [9.17, 15) is 4.79 Å². The van der Waals surface area contributed by atoms with E-state index in [4.69, 9.17) is 4.74 Å². The van der Waals surface area contributed by atoms with E-state index < -0.39 is 0 Å². The summed E-state index contributed by atoms with van der Waals surface area (Å²) < 4.78 is 5.15. The molecule has 4 rings (SSSR count). The molecule has 0 bridgehead atoms. The van der Waals surface area contributed by atoms with Crippen LogP contribution in [-0.2, 0) is 4.74 Å². The van der Waals surface area contributed by atoms with Crippen LogP contribution in [0.4, 0.5) is 0 Å². The molecule has 0 aliphatic rings. The fourth-order valence-electron chi connectivity index (χ4n) is 3.71. The van der Waals surface area contributed by atoms with Crippen molar-refractivity contribution < 1.29 is 9.53 Å². The van der Waals surface area contributed by atoms with Crippen molar-refractivity contribution in [3.63, 3.8) is 0 Å². The minimum atomic E-state index is -0.300. The van der Waals surface area contributed by atoms with Gasteiger partial charge in [0.1, 0.15) is 0 Å². The topological polar surface area (TPSA) is 26.3 Å². The second-order valence-electron chi connectivity index (χ2n) is 7.15. The molecule has 2 nitrogen and oxygen atoms in total. The molecule has 0 aliphatic carbocycles. The molecule has 4 aromatic carbocycles. The van der Waals surface area contributed by atoms with Crippen LogP contribution < -0.4 is 0 Å². The Morgan fingerprint density at radius 2 is 0.839 bits per heavy atom. The van der Waals surface area contributed by atoms with Gasteiger partial charge < -0.3 is 4.74 Å². The fourth-order valence-corrected chi connectivity index (χ4v) is 3.71. The van der Waals surface area contributed by atoms with Crippen LogP contribution in [0.3, 0.4) is 0 Å². The monoisotopic (exact) mass is 404 g/mol. The average molecular weight is 405 g/mol. The third-order valence-corrected chi connectivity index (χ3v) is 5.12. The summed E-state index contributed by atoms with van der Waals surface area (Å²) in [7, 11) is 0. The van der Waals surface area contributed by atoms with Gasteiger partial charge in [-0.2, -0.15) is 0 Å². The molecule has 4 aromatic rings. The zero-order chi connectivity index (χ0) is 21.5. The second kappa shape index (κ2) is 9.73. The maximum Gasteiger partial charge on any atom is 0.338 e. The van der Waals surface area contributed by atoms with Gasteiger partial charge in [0.05, 0.1) is 12.2 Å². The summed E-state index contributed by atoms with van der Waals surface area (Å²) in [4.78, 5) is 12.1. The van der Waals surface area contributed by atoms with E-state index in [1.807, 2.05) is 49.4 Å². The largest absolute Gasteiger partial charge is 0.462 e. The van der Waals surface area contributed by atoms with Crippen molar-refractivity contribution in [3.8, 4) is 0 Å². The minimum absolute atomic E-state index is 0.300. The van der Waals surface area contributed by atoms with Crippen molar-refractivity contribution in [1.82, 2.24) is 0 Å². The molecule has 152 valence electrons. The number of carbonyl (C=O) groups is 1. The number of rotatable bonds is 6. The number of hydrogen-bond donors (Lipinski definition) is 0.